The molecule has 0 saturated carbocycles. The van der Waals surface area contributed by atoms with Crippen molar-refractivity contribution in [3.05, 3.63) is 35.3 Å². The van der Waals surface area contributed by atoms with Crippen LogP contribution < -0.4 is 0 Å². The number of aliphatic hydroxyl groups is 1. The van der Waals surface area contributed by atoms with Gasteiger partial charge in [0.25, 0.3) is 0 Å². The van der Waals surface area contributed by atoms with Gasteiger partial charge in [0, 0.05) is 42.8 Å². The average molecular weight is 292 g/mol. The lowest BCUT2D eigenvalue weighted by atomic mass is 10.1. The van der Waals surface area contributed by atoms with E-state index < -0.39 is 6.10 Å². The number of likely N-dealkylation sites (tertiary alicyclic amines) is 1. The molecular weight excluding hydrogens is 271 g/mol. The lowest BCUT2D eigenvalue weighted by Gasteiger charge is -2.15. The fourth-order valence-electron chi connectivity index (χ4n) is 3.08. The Bertz CT molecular complexity index is 640. The van der Waals surface area contributed by atoms with E-state index in [1.807, 2.05) is 13.8 Å². The fraction of sp³-hybridized carbons (Fsp3) is 0.500. The largest absolute Gasteiger partial charge is 0.389 e. The van der Waals surface area contributed by atoms with Crippen LogP contribution in [0.2, 0.25) is 0 Å². The molecule has 0 spiro atoms. The summed E-state index contributed by atoms with van der Waals surface area (Å²) in [5.74, 6) is -0.218. The quantitative estimate of drug-likeness (QED) is 0.908. The van der Waals surface area contributed by atoms with Gasteiger partial charge in [-0.3, -0.25) is 4.90 Å². The highest BCUT2D eigenvalue weighted by molar-refractivity contribution is 5.84. The summed E-state index contributed by atoms with van der Waals surface area (Å²) in [5, 5.41) is 10.9. The van der Waals surface area contributed by atoms with Gasteiger partial charge in [0.05, 0.1) is 12.2 Å². The number of benzene rings is 1. The molecule has 1 aliphatic rings. The van der Waals surface area contributed by atoms with Gasteiger partial charge in [0.1, 0.15) is 5.82 Å². The summed E-state index contributed by atoms with van der Waals surface area (Å²) in [5.41, 5.74) is 3.09. The van der Waals surface area contributed by atoms with Crippen LogP contribution in [0.4, 0.5) is 4.39 Å². The van der Waals surface area contributed by atoms with E-state index in [9.17, 15) is 9.50 Å². The number of hydrogen-bond donors (Lipinski definition) is 2. The Morgan fingerprint density at radius 3 is 3.00 bits per heavy atom. The van der Waals surface area contributed by atoms with Gasteiger partial charge in [-0.2, -0.15) is 0 Å². The standard InChI is InChI=1S/C16H21FN2O2/c1-3-21-16-9-19(8-15(16)20)7-14-10(2)12-6-11(17)4-5-13(12)18-14/h4-6,15-16,18,20H,3,7-9H2,1-2H3/t15-,16-/m1/s1. The van der Waals surface area contributed by atoms with E-state index in [4.69, 9.17) is 4.74 Å². The number of fused-ring (bicyclic) bond motifs is 1. The number of hydrogen-bond acceptors (Lipinski definition) is 3. The first-order valence-electron chi connectivity index (χ1n) is 7.37. The highest BCUT2D eigenvalue weighted by atomic mass is 19.1. The number of rotatable bonds is 4. The van der Waals surface area contributed by atoms with Crippen molar-refractivity contribution in [1.82, 2.24) is 9.88 Å². The predicted octanol–water partition coefficient (Wildman–Crippen LogP) is 2.20. The molecule has 0 radical (unpaired) electrons. The summed E-state index contributed by atoms with van der Waals surface area (Å²) in [6, 6.07) is 4.79. The molecule has 2 atom stereocenters. The average Bonchev–Trinajstić information content (AvgIpc) is 2.93. The minimum absolute atomic E-state index is 0.114. The summed E-state index contributed by atoms with van der Waals surface area (Å²) in [6.07, 6.45) is -0.552. The van der Waals surface area contributed by atoms with Crippen LogP contribution in [0.3, 0.4) is 0 Å². The molecule has 4 nitrogen and oxygen atoms in total. The van der Waals surface area contributed by atoms with Crippen LogP contribution in [-0.2, 0) is 11.3 Å². The third kappa shape index (κ3) is 2.81. The van der Waals surface area contributed by atoms with Crippen molar-refractivity contribution >= 4 is 10.9 Å². The van der Waals surface area contributed by atoms with Crippen LogP contribution in [0.25, 0.3) is 10.9 Å². The van der Waals surface area contributed by atoms with E-state index in [1.165, 1.54) is 6.07 Å². The maximum absolute atomic E-state index is 13.3. The Hall–Kier alpha value is -1.43. The van der Waals surface area contributed by atoms with E-state index in [0.717, 1.165) is 28.7 Å². The zero-order chi connectivity index (χ0) is 15.0. The van der Waals surface area contributed by atoms with Gasteiger partial charge in [-0.05, 0) is 37.6 Å². The van der Waals surface area contributed by atoms with E-state index in [2.05, 4.69) is 9.88 Å². The Balaban J connectivity index is 1.78. The van der Waals surface area contributed by atoms with Gasteiger partial charge in [-0.1, -0.05) is 0 Å². The van der Waals surface area contributed by atoms with Crippen LogP contribution in [0.1, 0.15) is 18.2 Å². The van der Waals surface area contributed by atoms with Crippen molar-refractivity contribution in [1.29, 1.82) is 0 Å². The first-order valence-corrected chi connectivity index (χ1v) is 7.37. The molecule has 0 unspecified atom stereocenters. The topological polar surface area (TPSA) is 48.5 Å². The molecule has 1 aromatic carbocycles. The Morgan fingerprint density at radius 2 is 2.24 bits per heavy atom. The molecule has 114 valence electrons. The summed E-state index contributed by atoms with van der Waals surface area (Å²) < 4.78 is 18.9. The third-order valence-electron chi connectivity index (χ3n) is 4.20. The number of H-pyrrole nitrogens is 1. The number of ether oxygens (including phenoxy) is 1. The minimum Gasteiger partial charge on any atom is -0.389 e. The van der Waals surface area contributed by atoms with E-state index >= 15 is 0 Å². The summed E-state index contributed by atoms with van der Waals surface area (Å²) in [6.45, 7) is 6.58. The number of aliphatic hydroxyl groups excluding tert-OH is 1. The van der Waals surface area contributed by atoms with Crippen molar-refractivity contribution in [3.8, 4) is 0 Å². The molecular formula is C16H21FN2O2. The second-order valence-electron chi connectivity index (χ2n) is 5.67. The van der Waals surface area contributed by atoms with E-state index in [-0.39, 0.29) is 11.9 Å². The molecule has 1 fully saturated rings. The zero-order valence-corrected chi connectivity index (χ0v) is 12.4. The molecule has 1 aromatic heterocycles. The number of nitrogens with zero attached hydrogens (tertiary/aromatic N) is 1. The number of β-amino-alcohol motifs (C(OH)–C–C–N with tert-alkyl or cyclic N) is 1. The Kier molecular flexibility index (Phi) is 3.97. The monoisotopic (exact) mass is 292 g/mol. The Morgan fingerprint density at radius 1 is 1.43 bits per heavy atom. The maximum atomic E-state index is 13.3. The number of aromatic amines is 1. The highest BCUT2D eigenvalue weighted by Gasteiger charge is 2.32. The van der Waals surface area contributed by atoms with Crippen LogP contribution in [-0.4, -0.2) is 46.9 Å². The summed E-state index contributed by atoms with van der Waals surface area (Å²) >= 11 is 0. The van der Waals surface area contributed by atoms with Gasteiger partial charge in [0.15, 0.2) is 0 Å². The van der Waals surface area contributed by atoms with E-state index in [1.54, 1.807) is 12.1 Å². The highest BCUT2D eigenvalue weighted by Crippen LogP contribution is 2.25. The molecule has 2 heterocycles. The molecule has 1 saturated heterocycles. The van der Waals surface area contributed by atoms with Crippen molar-refractivity contribution in [3.63, 3.8) is 0 Å². The zero-order valence-electron chi connectivity index (χ0n) is 12.4. The molecule has 0 amide bonds. The van der Waals surface area contributed by atoms with Gasteiger partial charge in [0.2, 0.25) is 0 Å². The van der Waals surface area contributed by atoms with Gasteiger partial charge in [-0.25, -0.2) is 4.39 Å². The SMILES string of the molecule is CCO[C@@H]1CN(Cc2[nH]c3ccc(F)cc3c2C)C[C@H]1O. The number of aromatic nitrogens is 1. The molecule has 1 aliphatic heterocycles. The van der Waals surface area contributed by atoms with Crippen molar-refractivity contribution in [2.75, 3.05) is 19.7 Å². The number of halogens is 1. The van der Waals surface area contributed by atoms with Gasteiger partial charge >= 0.3 is 0 Å². The lowest BCUT2D eigenvalue weighted by Crippen LogP contribution is -2.26. The van der Waals surface area contributed by atoms with Crippen LogP contribution in [0.15, 0.2) is 18.2 Å². The maximum Gasteiger partial charge on any atom is 0.123 e. The lowest BCUT2D eigenvalue weighted by molar-refractivity contribution is -0.00245. The van der Waals surface area contributed by atoms with Crippen molar-refractivity contribution in [2.45, 2.75) is 32.6 Å². The molecule has 2 aromatic rings. The van der Waals surface area contributed by atoms with Gasteiger partial charge < -0.3 is 14.8 Å². The molecule has 0 aliphatic carbocycles. The van der Waals surface area contributed by atoms with Crippen LogP contribution in [0, 0.1) is 12.7 Å². The molecule has 5 heteroatoms. The smallest absolute Gasteiger partial charge is 0.123 e. The molecule has 0 bridgehead atoms. The van der Waals surface area contributed by atoms with Crippen molar-refractivity contribution < 1.29 is 14.2 Å². The number of aryl methyl sites for hydroxylation is 1. The Labute approximate surface area is 123 Å². The molecule has 21 heavy (non-hydrogen) atoms. The molecule has 3 rings (SSSR count). The minimum atomic E-state index is -0.438. The summed E-state index contributed by atoms with van der Waals surface area (Å²) in [4.78, 5) is 5.51. The predicted molar refractivity (Wildman–Crippen MR) is 79.7 cm³/mol. The fourth-order valence-corrected chi connectivity index (χ4v) is 3.08. The third-order valence-corrected chi connectivity index (χ3v) is 4.20. The number of nitrogens with one attached hydrogen (secondary N) is 1. The second-order valence-corrected chi connectivity index (χ2v) is 5.67. The van der Waals surface area contributed by atoms with Gasteiger partial charge in [-0.15, -0.1) is 0 Å². The van der Waals surface area contributed by atoms with E-state index in [0.29, 0.717) is 19.7 Å². The summed E-state index contributed by atoms with van der Waals surface area (Å²) in [7, 11) is 0. The normalized spacial score (nSPS) is 23.2. The van der Waals surface area contributed by atoms with Crippen LogP contribution >= 0.6 is 0 Å². The first-order chi connectivity index (χ1) is 10.1. The van der Waals surface area contributed by atoms with Crippen LogP contribution in [0.5, 0.6) is 0 Å². The molecule has 2 N–H and O–H groups in total. The van der Waals surface area contributed by atoms with Crippen molar-refractivity contribution in [2.24, 2.45) is 0 Å². The second kappa shape index (κ2) is 5.75. The first kappa shape index (κ1) is 14.5.